The lowest BCUT2D eigenvalue weighted by atomic mass is 10.2. The summed E-state index contributed by atoms with van der Waals surface area (Å²) in [5.41, 5.74) is 1.78. The SMILES string of the molecule is COCC[C@H]1CN(Cc2nonc2C)CCO1. The minimum atomic E-state index is 0.254. The Balaban J connectivity index is 1.83. The summed E-state index contributed by atoms with van der Waals surface area (Å²) < 4.78 is 15.4. The molecule has 1 aliphatic rings. The summed E-state index contributed by atoms with van der Waals surface area (Å²) >= 11 is 0. The number of hydrogen-bond acceptors (Lipinski definition) is 6. The molecule has 1 atom stereocenters. The predicted molar refractivity (Wildman–Crippen MR) is 60.5 cm³/mol. The average Bonchev–Trinajstić information content (AvgIpc) is 2.73. The Bertz CT molecular complexity index is 342. The third-order valence-electron chi connectivity index (χ3n) is 2.99. The third kappa shape index (κ3) is 3.49. The van der Waals surface area contributed by atoms with Crippen molar-refractivity contribution in [3.8, 4) is 0 Å². The predicted octanol–water partition coefficient (Wildman–Crippen LogP) is 0.615. The number of aromatic nitrogens is 2. The van der Waals surface area contributed by atoms with Gasteiger partial charge < -0.3 is 9.47 Å². The zero-order chi connectivity index (χ0) is 12.1. The van der Waals surface area contributed by atoms with E-state index in [9.17, 15) is 0 Å². The highest BCUT2D eigenvalue weighted by Gasteiger charge is 2.21. The van der Waals surface area contributed by atoms with Gasteiger partial charge in [-0.05, 0) is 13.3 Å². The average molecular weight is 241 g/mol. The van der Waals surface area contributed by atoms with Crippen LogP contribution in [-0.2, 0) is 16.0 Å². The molecule has 0 unspecified atom stereocenters. The van der Waals surface area contributed by atoms with E-state index in [1.54, 1.807) is 7.11 Å². The van der Waals surface area contributed by atoms with E-state index < -0.39 is 0 Å². The number of morpholine rings is 1. The Labute approximate surface area is 101 Å². The molecule has 0 aromatic carbocycles. The number of hydrogen-bond donors (Lipinski definition) is 0. The molecule has 2 rings (SSSR count). The molecule has 0 bridgehead atoms. The molecular formula is C11H19N3O3. The van der Waals surface area contributed by atoms with Crippen LogP contribution < -0.4 is 0 Å². The van der Waals surface area contributed by atoms with Gasteiger partial charge in [-0.3, -0.25) is 4.90 Å². The first-order valence-corrected chi connectivity index (χ1v) is 5.90. The minimum Gasteiger partial charge on any atom is -0.385 e. The van der Waals surface area contributed by atoms with Crippen LogP contribution in [0.25, 0.3) is 0 Å². The molecule has 17 heavy (non-hydrogen) atoms. The van der Waals surface area contributed by atoms with Gasteiger partial charge in [-0.25, -0.2) is 4.63 Å². The van der Waals surface area contributed by atoms with Crippen molar-refractivity contribution in [2.75, 3.05) is 33.4 Å². The lowest BCUT2D eigenvalue weighted by Gasteiger charge is -2.32. The Morgan fingerprint density at radius 3 is 3.06 bits per heavy atom. The molecule has 6 nitrogen and oxygen atoms in total. The molecule has 6 heteroatoms. The van der Waals surface area contributed by atoms with Crippen LogP contribution in [0, 0.1) is 6.92 Å². The van der Waals surface area contributed by atoms with Crippen molar-refractivity contribution < 1.29 is 14.1 Å². The van der Waals surface area contributed by atoms with Gasteiger partial charge in [0.25, 0.3) is 0 Å². The zero-order valence-electron chi connectivity index (χ0n) is 10.4. The Kier molecular flexibility index (Phi) is 4.47. The summed E-state index contributed by atoms with van der Waals surface area (Å²) in [5, 5.41) is 7.69. The van der Waals surface area contributed by atoms with E-state index in [0.29, 0.717) is 0 Å². The topological polar surface area (TPSA) is 60.6 Å². The summed E-state index contributed by atoms with van der Waals surface area (Å²) in [5.74, 6) is 0. The van der Waals surface area contributed by atoms with Gasteiger partial charge in [0.15, 0.2) is 0 Å². The smallest absolute Gasteiger partial charge is 0.122 e. The number of ether oxygens (including phenoxy) is 2. The maximum atomic E-state index is 5.68. The van der Waals surface area contributed by atoms with Crippen LogP contribution in [0.15, 0.2) is 4.63 Å². The first-order valence-electron chi connectivity index (χ1n) is 5.90. The minimum absolute atomic E-state index is 0.254. The van der Waals surface area contributed by atoms with E-state index in [2.05, 4.69) is 15.2 Å². The molecule has 1 aromatic rings. The standard InChI is InChI=1S/C11H19N3O3/c1-9-11(13-17-12-9)8-14-4-6-16-10(7-14)3-5-15-2/h10H,3-8H2,1-2H3/t10-/m0/s1. The van der Waals surface area contributed by atoms with E-state index in [1.165, 1.54) is 0 Å². The Morgan fingerprint density at radius 2 is 2.35 bits per heavy atom. The van der Waals surface area contributed by atoms with Crippen LogP contribution in [0.4, 0.5) is 0 Å². The Morgan fingerprint density at radius 1 is 1.47 bits per heavy atom. The zero-order valence-corrected chi connectivity index (χ0v) is 10.4. The molecule has 1 saturated heterocycles. The van der Waals surface area contributed by atoms with Gasteiger partial charge >= 0.3 is 0 Å². The van der Waals surface area contributed by atoms with Crippen molar-refractivity contribution in [2.24, 2.45) is 0 Å². The van der Waals surface area contributed by atoms with Crippen LogP contribution >= 0.6 is 0 Å². The van der Waals surface area contributed by atoms with Gasteiger partial charge in [-0.15, -0.1) is 0 Å². The largest absolute Gasteiger partial charge is 0.385 e. The summed E-state index contributed by atoms with van der Waals surface area (Å²) in [6.07, 6.45) is 1.19. The first-order chi connectivity index (χ1) is 8.29. The quantitative estimate of drug-likeness (QED) is 0.753. The van der Waals surface area contributed by atoms with Crippen LogP contribution in [0.5, 0.6) is 0 Å². The van der Waals surface area contributed by atoms with Crippen molar-refractivity contribution >= 4 is 0 Å². The van der Waals surface area contributed by atoms with E-state index in [4.69, 9.17) is 14.1 Å². The molecule has 1 fully saturated rings. The Hall–Kier alpha value is -0.980. The monoisotopic (exact) mass is 241 g/mol. The molecule has 0 amide bonds. The summed E-state index contributed by atoms with van der Waals surface area (Å²) in [7, 11) is 1.71. The van der Waals surface area contributed by atoms with Gasteiger partial charge in [0, 0.05) is 33.4 Å². The molecule has 0 N–H and O–H groups in total. The highest BCUT2D eigenvalue weighted by molar-refractivity contribution is 5.04. The van der Waals surface area contributed by atoms with Crippen molar-refractivity contribution in [2.45, 2.75) is 26.0 Å². The lowest BCUT2D eigenvalue weighted by Crippen LogP contribution is -2.42. The maximum Gasteiger partial charge on any atom is 0.122 e. The van der Waals surface area contributed by atoms with Gasteiger partial charge in [-0.1, -0.05) is 10.3 Å². The second-order valence-corrected chi connectivity index (χ2v) is 4.31. The molecule has 96 valence electrons. The van der Waals surface area contributed by atoms with Gasteiger partial charge in [0.1, 0.15) is 11.4 Å². The fourth-order valence-electron chi connectivity index (χ4n) is 1.95. The van der Waals surface area contributed by atoms with E-state index in [-0.39, 0.29) is 6.10 Å². The van der Waals surface area contributed by atoms with Crippen LogP contribution in [0.3, 0.4) is 0 Å². The lowest BCUT2D eigenvalue weighted by molar-refractivity contribution is -0.0437. The highest BCUT2D eigenvalue weighted by atomic mass is 16.6. The van der Waals surface area contributed by atoms with Crippen LogP contribution in [0.1, 0.15) is 17.8 Å². The van der Waals surface area contributed by atoms with E-state index >= 15 is 0 Å². The fourth-order valence-corrected chi connectivity index (χ4v) is 1.95. The van der Waals surface area contributed by atoms with E-state index in [0.717, 1.165) is 50.7 Å². The first kappa shape index (κ1) is 12.5. The molecule has 0 aliphatic carbocycles. The van der Waals surface area contributed by atoms with Gasteiger partial charge in [0.2, 0.25) is 0 Å². The second-order valence-electron chi connectivity index (χ2n) is 4.31. The van der Waals surface area contributed by atoms with Crippen molar-refractivity contribution in [3.63, 3.8) is 0 Å². The molecule has 0 saturated carbocycles. The summed E-state index contributed by atoms with van der Waals surface area (Å²) in [6, 6.07) is 0. The molecule has 1 aromatic heterocycles. The fraction of sp³-hybridized carbons (Fsp3) is 0.818. The highest BCUT2D eigenvalue weighted by Crippen LogP contribution is 2.12. The summed E-state index contributed by atoms with van der Waals surface area (Å²) in [6.45, 7) is 6.03. The van der Waals surface area contributed by atoms with Crippen LogP contribution in [0.2, 0.25) is 0 Å². The summed E-state index contributed by atoms with van der Waals surface area (Å²) in [4.78, 5) is 2.32. The number of nitrogens with zero attached hydrogens (tertiary/aromatic N) is 3. The molecular weight excluding hydrogens is 222 g/mol. The maximum absolute atomic E-state index is 5.68. The number of aryl methyl sites for hydroxylation is 1. The third-order valence-corrected chi connectivity index (χ3v) is 2.99. The normalized spacial score (nSPS) is 21.9. The van der Waals surface area contributed by atoms with E-state index in [1.807, 2.05) is 6.92 Å². The second kappa shape index (κ2) is 6.09. The van der Waals surface area contributed by atoms with Crippen molar-refractivity contribution in [3.05, 3.63) is 11.4 Å². The van der Waals surface area contributed by atoms with Gasteiger partial charge in [-0.2, -0.15) is 0 Å². The molecule has 2 heterocycles. The van der Waals surface area contributed by atoms with Crippen LogP contribution in [-0.4, -0.2) is 54.7 Å². The number of rotatable bonds is 5. The molecule has 0 spiro atoms. The molecule has 0 radical (unpaired) electrons. The van der Waals surface area contributed by atoms with Crippen molar-refractivity contribution in [1.82, 2.24) is 15.2 Å². The molecule has 1 aliphatic heterocycles. The van der Waals surface area contributed by atoms with Gasteiger partial charge in [0.05, 0.1) is 12.7 Å². The number of methoxy groups -OCH3 is 1. The van der Waals surface area contributed by atoms with Crippen molar-refractivity contribution in [1.29, 1.82) is 0 Å².